The molecule has 0 N–H and O–H groups in total. The molecule has 0 atom stereocenters. The summed E-state index contributed by atoms with van der Waals surface area (Å²) < 4.78 is 0. The van der Waals surface area contributed by atoms with Gasteiger partial charge in [-0.05, 0) is 23.8 Å². The van der Waals surface area contributed by atoms with Gasteiger partial charge >= 0.3 is 0 Å². The largest absolute Gasteiger partial charge is 0.289 e. The van der Waals surface area contributed by atoms with Crippen LogP contribution >= 0.6 is 11.6 Å². The third-order valence-electron chi connectivity index (χ3n) is 2.66. The second-order valence-corrected chi connectivity index (χ2v) is 4.43. The molecule has 0 bridgehead atoms. The molecule has 0 aliphatic heterocycles. The zero-order chi connectivity index (χ0) is 14.5. The Bertz CT molecular complexity index is 695. The Morgan fingerprint density at radius 1 is 1.15 bits per heavy atom. The monoisotopic (exact) mass is 287 g/mol. The maximum atomic E-state index is 12.0. The first-order chi connectivity index (χ1) is 9.58. The third-order valence-corrected chi connectivity index (χ3v) is 3.01. The second-order valence-electron chi connectivity index (χ2n) is 4.03. The number of nitro groups is 1. The number of non-ortho nitro benzene ring substituents is 1. The Balaban J connectivity index is 2.22. The molecule has 2 rings (SSSR count). The van der Waals surface area contributed by atoms with Gasteiger partial charge in [0.25, 0.3) is 5.69 Å². The van der Waals surface area contributed by atoms with Crippen molar-refractivity contribution in [2.75, 3.05) is 0 Å². The molecule has 0 heterocycles. The molecule has 20 heavy (non-hydrogen) atoms. The number of hydrogen-bond acceptors (Lipinski definition) is 3. The average Bonchev–Trinajstić information content (AvgIpc) is 2.46. The number of carbonyl (C=O) groups excluding carboxylic acids is 1. The lowest BCUT2D eigenvalue weighted by Gasteiger charge is -1.98. The van der Waals surface area contributed by atoms with Crippen molar-refractivity contribution in [3.8, 4) is 0 Å². The van der Waals surface area contributed by atoms with Gasteiger partial charge in [0, 0.05) is 22.7 Å². The summed E-state index contributed by atoms with van der Waals surface area (Å²) in [6.45, 7) is 0. The second kappa shape index (κ2) is 6.12. The van der Waals surface area contributed by atoms with E-state index in [1.54, 1.807) is 24.3 Å². The molecule has 0 radical (unpaired) electrons. The number of benzene rings is 2. The van der Waals surface area contributed by atoms with E-state index in [0.29, 0.717) is 10.6 Å². The Kier molecular flexibility index (Phi) is 4.27. The fourth-order valence-corrected chi connectivity index (χ4v) is 1.84. The van der Waals surface area contributed by atoms with Crippen molar-refractivity contribution in [1.29, 1.82) is 0 Å². The molecule has 2 aromatic carbocycles. The average molecular weight is 288 g/mol. The first-order valence-electron chi connectivity index (χ1n) is 5.79. The van der Waals surface area contributed by atoms with E-state index in [0.717, 1.165) is 0 Å². The molecule has 0 amide bonds. The Labute approximate surface area is 120 Å². The van der Waals surface area contributed by atoms with Crippen molar-refractivity contribution in [1.82, 2.24) is 0 Å². The van der Waals surface area contributed by atoms with Crippen molar-refractivity contribution in [2.24, 2.45) is 0 Å². The predicted octanol–water partition coefficient (Wildman–Crippen LogP) is 4.14. The maximum absolute atomic E-state index is 12.0. The summed E-state index contributed by atoms with van der Waals surface area (Å²) in [7, 11) is 0. The first-order valence-corrected chi connectivity index (χ1v) is 6.17. The van der Waals surface area contributed by atoms with Crippen LogP contribution in [0.25, 0.3) is 6.08 Å². The molecule has 0 aliphatic carbocycles. The first kappa shape index (κ1) is 14.0. The zero-order valence-electron chi connectivity index (χ0n) is 10.3. The zero-order valence-corrected chi connectivity index (χ0v) is 11.1. The predicted molar refractivity (Wildman–Crippen MR) is 77.9 cm³/mol. The van der Waals surface area contributed by atoms with E-state index in [2.05, 4.69) is 0 Å². The van der Waals surface area contributed by atoms with Crippen molar-refractivity contribution in [3.63, 3.8) is 0 Å². The highest BCUT2D eigenvalue weighted by atomic mass is 35.5. The van der Waals surface area contributed by atoms with Gasteiger partial charge in [-0.2, -0.15) is 0 Å². The highest BCUT2D eigenvalue weighted by Crippen LogP contribution is 2.18. The lowest BCUT2D eigenvalue weighted by Crippen LogP contribution is -1.96. The normalized spacial score (nSPS) is 10.7. The van der Waals surface area contributed by atoms with Gasteiger partial charge in [0.15, 0.2) is 5.78 Å². The van der Waals surface area contributed by atoms with E-state index in [1.807, 2.05) is 6.07 Å². The van der Waals surface area contributed by atoms with Crippen LogP contribution in [0.3, 0.4) is 0 Å². The van der Waals surface area contributed by atoms with Crippen LogP contribution in [0.5, 0.6) is 0 Å². The van der Waals surface area contributed by atoms with E-state index < -0.39 is 4.92 Å². The van der Waals surface area contributed by atoms with Crippen molar-refractivity contribution < 1.29 is 9.72 Å². The lowest BCUT2D eigenvalue weighted by molar-refractivity contribution is -0.384. The Morgan fingerprint density at radius 2 is 1.90 bits per heavy atom. The van der Waals surface area contributed by atoms with Gasteiger partial charge in [-0.3, -0.25) is 14.9 Å². The summed E-state index contributed by atoms with van der Waals surface area (Å²) in [5.74, 6) is -0.311. The fraction of sp³-hybridized carbons (Fsp3) is 0. The highest BCUT2D eigenvalue weighted by molar-refractivity contribution is 6.32. The number of rotatable bonds is 4. The van der Waals surface area contributed by atoms with Crippen LogP contribution in [0.4, 0.5) is 5.69 Å². The lowest BCUT2D eigenvalue weighted by atomic mass is 10.1. The van der Waals surface area contributed by atoms with E-state index in [1.165, 1.54) is 30.3 Å². The van der Waals surface area contributed by atoms with Gasteiger partial charge in [-0.25, -0.2) is 0 Å². The standard InChI is InChI=1S/C15H10ClNO3/c16-14-7-2-1-4-11(14)8-9-15(18)12-5-3-6-13(10-12)17(19)20/h1-10H/b9-8+. The number of halogens is 1. The number of ketones is 1. The Hall–Kier alpha value is -2.46. The van der Waals surface area contributed by atoms with E-state index in [4.69, 9.17) is 11.6 Å². The summed E-state index contributed by atoms with van der Waals surface area (Å²) in [4.78, 5) is 22.1. The van der Waals surface area contributed by atoms with Gasteiger partial charge in [0.05, 0.1) is 4.92 Å². The minimum atomic E-state index is -0.533. The maximum Gasteiger partial charge on any atom is 0.270 e. The van der Waals surface area contributed by atoms with E-state index in [9.17, 15) is 14.9 Å². The molecule has 4 nitrogen and oxygen atoms in total. The number of nitrogens with zero attached hydrogens (tertiary/aromatic N) is 1. The van der Waals surface area contributed by atoms with Gasteiger partial charge in [-0.15, -0.1) is 0 Å². The van der Waals surface area contributed by atoms with Crippen molar-refractivity contribution in [3.05, 3.63) is 80.9 Å². The molecule has 0 spiro atoms. The number of hydrogen-bond donors (Lipinski definition) is 0. The van der Waals surface area contributed by atoms with Crippen molar-refractivity contribution >= 4 is 29.1 Å². The SMILES string of the molecule is O=C(/C=C/c1ccccc1Cl)c1cccc([N+](=O)[O-])c1. The molecule has 2 aromatic rings. The van der Waals surface area contributed by atoms with Crippen LogP contribution in [0.1, 0.15) is 15.9 Å². The molecular weight excluding hydrogens is 278 g/mol. The Morgan fingerprint density at radius 3 is 2.60 bits per heavy atom. The number of nitro benzene ring substituents is 1. The van der Waals surface area contributed by atoms with E-state index >= 15 is 0 Å². The summed E-state index contributed by atoms with van der Waals surface area (Å²) in [6, 6.07) is 12.7. The summed E-state index contributed by atoms with van der Waals surface area (Å²) in [6.07, 6.45) is 2.93. The van der Waals surface area contributed by atoms with E-state index in [-0.39, 0.29) is 17.0 Å². The topological polar surface area (TPSA) is 60.2 Å². The van der Waals surface area contributed by atoms with Gasteiger partial charge < -0.3 is 0 Å². The molecule has 0 aliphatic rings. The van der Waals surface area contributed by atoms with Crippen LogP contribution < -0.4 is 0 Å². The minimum absolute atomic E-state index is 0.109. The molecule has 0 fully saturated rings. The van der Waals surface area contributed by atoms with Crippen LogP contribution in [-0.4, -0.2) is 10.7 Å². The number of allylic oxidation sites excluding steroid dienone is 1. The highest BCUT2D eigenvalue weighted by Gasteiger charge is 2.09. The van der Waals surface area contributed by atoms with Crippen LogP contribution in [0.2, 0.25) is 5.02 Å². The smallest absolute Gasteiger partial charge is 0.270 e. The molecule has 0 aromatic heterocycles. The summed E-state index contributed by atoms with van der Waals surface area (Å²) >= 11 is 5.97. The quantitative estimate of drug-likeness (QED) is 0.367. The fourth-order valence-electron chi connectivity index (χ4n) is 1.64. The summed E-state index contributed by atoms with van der Waals surface area (Å²) in [5, 5.41) is 11.2. The summed E-state index contributed by atoms with van der Waals surface area (Å²) in [5.41, 5.74) is 0.873. The van der Waals surface area contributed by atoms with Crippen molar-refractivity contribution in [2.45, 2.75) is 0 Å². The minimum Gasteiger partial charge on any atom is -0.289 e. The van der Waals surface area contributed by atoms with Gasteiger partial charge in [0.2, 0.25) is 0 Å². The number of carbonyl (C=O) groups is 1. The molecule has 100 valence electrons. The molecule has 0 saturated heterocycles. The van der Waals surface area contributed by atoms with Crippen LogP contribution in [0, 0.1) is 10.1 Å². The molecular formula is C15H10ClNO3. The van der Waals surface area contributed by atoms with Crippen LogP contribution in [0.15, 0.2) is 54.6 Å². The molecule has 0 unspecified atom stereocenters. The van der Waals surface area contributed by atoms with Gasteiger partial charge in [-0.1, -0.05) is 41.9 Å². The molecule has 0 saturated carbocycles. The molecule has 5 heteroatoms. The third kappa shape index (κ3) is 3.30. The van der Waals surface area contributed by atoms with Crippen LogP contribution in [-0.2, 0) is 0 Å². The van der Waals surface area contributed by atoms with Gasteiger partial charge in [0.1, 0.15) is 0 Å².